The van der Waals surface area contributed by atoms with Gasteiger partial charge in [0.2, 0.25) is 0 Å². The lowest BCUT2D eigenvalue weighted by Gasteiger charge is -2.36. The van der Waals surface area contributed by atoms with Crippen LogP contribution in [0.25, 0.3) is 11.1 Å². The predicted octanol–water partition coefficient (Wildman–Crippen LogP) is 5.10. The molecule has 13 heteroatoms. The molecule has 3 heterocycles. The summed E-state index contributed by atoms with van der Waals surface area (Å²) in [5.41, 5.74) is 2.92. The molecule has 0 radical (unpaired) electrons. The largest absolute Gasteiger partial charge is 0.478 e. The standard InChI is InChI=1S/C33H35Cl2FN4O6/c1-44-13-10-37-6-8-38(9-7-37)23-17-25(34)30(26(35)18-23)32(41)40-19-22-3-5-27(36)29(31(22)46-20-40)21-2-4-24(33(42)43)28(16-21)39-11-14-45-15-12-39/h2-5,16-18H,6-15,19-20H2,1H3,(H,42,43). The molecule has 0 aliphatic carbocycles. The van der Waals surface area contributed by atoms with Gasteiger partial charge in [-0.15, -0.1) is 0 Å². The topological polar surface area (TPSA) is 95.0 Å². The van der Waals surface area contributed by atoms with Crippen molar-refractivity contribution in [3.63, 3.8) is 0 Å². The number of fused-ring (bicyclic) bond motifs is 1. The number of ether oxygens (including phenoxy) is 3. The number of benzene rings is 3. The van der Waals surface area contributed by atoms with Gasteiger partial charge in [-0.3, -0.25) is 9.69 Å². The van der Waals surface area contributed by atoms with Crippen LogP contribution < -0.4 is 14.5 Å². The van der Waals surface area contributed by atoms with E-state index in [4.69, 9.17) is 37.4 Å². The Hall–Kier alpha value is -3.61. The van der Waals surface area contributed by atoms with Crippen LogP contribution in [0, 0.1) is 5.82 Å². The van der Waals surface area contributed by atoms with Crippen LogP contribution in [0.5, 0.6) is 5.75 Å². The van der Waals surface area contributed by atoms with Gasteiger partial charge in [-0.2, -0.15) is 0 Å². The Morgan fingerprint density at radius 1 is 0.957 bits per heavy atom. The molecule has 0 aromatic heterocycles. The number of carboxylic acids is 1. The molecule has 0 unspecified atom stereocenters. The lowest BCUT2D eigenvalue weighted by molar-refractivity contribution is 0.0515. The number of carbonyl (C=O) groups is 2. The summed E-state index contributed by atoms with van der Waals surface area (Å²) < 4.78 is 32.1. The number of halogens is 3. The molecule has 1 N–H and O–H groups in total. The Labute approximate surface area is 276 Å². The van der Waals surface area contributed by atoms with E-state index < -0.39 is 17.7 Å². The molecule has 3 aliphatic rings. The fourth-order valence-corrected chi connectivity index (χ4v) is 6.81. The summed E-state index contributed by atoms with van der Waals surface area (Å²) in [5, 5.41) is 10.3. The zero-order valence-electron chi connectivity index (χ0n) is 25.4. The average molecular weight is 674 g/mol. The summed E-state index contributed by atoms with van der Waals surface area (Å²) in [5.74, 6) is -1.68. The quantitative estimate of drug-likeness (QED) is 0.351. The van der Waals surface area contributed by atoms with Crippen LogP contribution in [0.1, 0.15) is 26.3 Å². The van der Waals surface area contributed by atoms with Crippen molar-refractivity contribution in [2.45, 2.75) is 6.54 Å². The van der Waals surface area contributed by atoms with Crippen molar-refractivity contribution in [3.8, 4) is 16.9 Å². The monoisotopic (exact) mass is 672 g/mol. The number of hydrogen-bond donors (Lipinski definition) is 1. The number of hydrogen-bond acceptors (Lipinski definition) is 8. The van der Waals surface area contributed by atoms with Crippen LogP contribution in [0.3, 0.4) is 0 Å². The minimum atomic E-state index is -1.07. The maximum absolute atomic E-state index is 15.4. The van der Waals surface area contributed by atoms with Gasteiger partial charge in [0, 0.05) is 64.2 Å². The smallest absolute Gasteiger partial charge is 0.337 e. The summed E-state index contributed by atoms with van der Waals surface area (Å²) in [6, 6.07) is 11.2. The molecule has 0 spiro atoms. The molecular formula is C33H35Cl2FN4O6. The summed E-state index contributed by atoms with van der Waals surface area (Å²) in [7, 11) is 1.70. The maximum atomic E-state index is 15.4. The van der Waals surface area contributed by atoms with E-state index in [0.29, 0.717) is 55.5 Å². The van der Waals surface area contributed by atoms with Crippen LogP contribution in [0.4, 0.5) is 15.8 Å². The molecular weight excluding hydrogens is 638 g/mol. The average Bonchev–Trinajstić information content (AvgIpc) is 3.07. The van der Waals surface area contributed by atoms with Gasteiger partial charge in [-0.1, -0.05) is 35.3 Å². The molecule has 6 rings (SSSR count). The lowest BCUT2D eigenvalue weighted by Crippen LogP contribution is -2.47. The van der Waals surface area contributed by atoms with Crippen molar-refractivity contribution in [1.29, 1.82) is 0 Å². The van der Waals surface area contributed by atoms with Crippen molar-refractivity contribution in [1.82, 2.24) is 9.80 Å². The van der Waals surface area contributed by atoms with Crippen LogP contribution in [0.15, 0.2) is 42.5 Å². The zero-order valence-corrected chi connectivity index (χ0v) is 26.9. The third kappa shape index (κ3) is 6.61. The number of nitrogens with zero attached hydrogens (tertiary/aromatic N) is 4. The summed E-state index contributed by atoms with van der Waals surface area (Å²) >= 11 is 13.4. The Kier molecular flexibility index (Phi) is 9.86. The number of amides is 1. The van der Waals surface area contributed by atoms with Crippen LogP contribution in [0.2, 0.25) is 10.0 Å². The second-order valence-electron chi connectivity index (χ2n) is 11.4. The third-order valence-corrected chi connectivity index (χ3v) is 9.26. The van der Waals surface area contributed by atoms with Crippen molar-refractivity contribution >= 4 is 46.5 Å². The number of anilines is 2. The highest BCUT2D eigenvalue weighted by Crippen LogP contribution is 2.41. The summed E-state index contributed by atoms with van der Waals surface area (Å²) in [6.45, 7) is 6.88. The molecule has 0 bridgehead atoms. The first kappa shape index (κ1) is 32.3. The number of rotatable bonds is 8. The molecule has 46 heavy (non-hydrogen) atoms. The van der Waals surface area contributed by atoms with Crippen LogP contribution >= 0.6 is 23.2 Å². The fourth-order valence-electron chi connectivity index (χ4n) is 6.17. The van der Waals surface area contributed by atoms with Gasteiger partial charge < -0.3 is 34.0 Å². The van der Waals surface area contributed by atoms with Gasteiger partial charge in [0.1, 0.15) is 11.6 Å². The molecule has 244 valence electrons. The summed E-state index contributed by atoms with van der Waals surface area (Å²) in [4.78, 5) is 33.6. The highest BCUT2D eigenvalue weighted by Gasteiger charge is 2.31. The first-order chi connectivity index (χ1) is 22.2. The van der Waals surface area contributed by atoms with Crippen molar-refractivity contribution in [3.05, 3.63) is 75.0 Å². The van der Waals surface area contributed by atoms with Crippen LogP contribution in [-0.2, 0) is 16.0 Å². The van der Waals surface area contributed by atoms with Gasteiger partial charge in [0.15, 0.2) is 6.73 Å². The second kappa shape index (κ2) is 14.0. The minimum Gasteiger partial charge on any atom is -0.478 e. The van der Waals surface area contributed by atoms with E-state index in [1.165, 1.54) is 17.0 Å². The third-order valence-electron chi connectivity index (χ3n) is 8.66. The van der Waals surface area contributed by atoms with Gasteiger partial charge in [-0.25, -0.2) is 9.18 Å². The van der Waals surface area contributed by atoms with Crippen LogP contribution in [-0.4, -0.2) is 106 Å². The summed E-state index contributed by atoms with van der Waals surface area (Å²) in [6.07, 6.45) is 0. The second-order valence-corrected chi connectivity index (χ2v) is 12.2. The SMILES string of the molecule is COCCN1CCN(c2cc(Cl)c(C(=O)N3COc4c(ccc(F)c4-c4ccc(C(=O)O)c(N5CCOCC5)c4)C3)c(Cl)c2)CC1. The molecule has 0 atom stereocenters. The van der Waals surface area contributed by atoms with Crippen molar-refractivity contribution in [2.24, 2.45) is 0 Å². The van der Waals surface area contributed by atoms with E-state index >= 15 is 4.39 Å². The number of morpholine rings is 1. The Morgan fingerprint density at radius 3 is 2.35 bits per heavy atom. The fraction of sp³-hybridized carbons (Fsp3) is 0.394. The Morgan fingerprint density at radius 2 is 1.67 bits per heavy atom. The van der Waals surface area contributed by atoms with Gasteiger partial charge in [0.25, 0.3) is 5.91 Å². The molecule has 3 aromatic carbocycles. The Bertz CT molecular complexity index is 1600. The Balaban J connectivity index is 1.22. The van der Waals surface area contributed by atoms with E-state index in [9.17, 15) is 14.7 Å². The first-order valence-electron chi connectivity index (χ1n) is 15.1. The minimum absolute atomic E-state index is 0.123. The van der Waals surface area contributed by atoms with E-state index in [2.05, 4.69) is 9.80 Å². The lowest BCUT2D eigenvalue weighted by atomic mass is 9.97. The molecule has 3 aliphatic heterocycles. The van der Waals surface area contributed by atoms with Gasteiger partial charge in [-0.05, 0) is 35.9 Å². The van der Waals surface area contributed by atoms with E-state index in [1.807, 2.05) is 4.90 Å². The molecule has 1 amide bonds. The van der Waals surface area contributed by atoms with Crippen molar-refractivity contribution < 1.29 is 33.3 Å². The molecule has 2 saturated heterocycles. The van der Waals surface area contributed by atoms with Gasteiger partial charge >= 0.3 is 5.97 Å². The number of methoxy groups -OCH3 is 1. The first-order valence-corrected chi connectivity index (χ1v) is 15.9. The number of carbonyl (C=O) groups excluding carboxylic acids is 1. The molecule has 3 aromatic rings. The molecule has 0 saturated carbocycles. The normalized spacial score (nSPS) is 17.1. The van der Waals surface area contributed by atoms with E-state index in [0.717, 1.165) is 38.4 Å². The van der Waals surface area contributed by atoms with E-state index in [-0.39, 0.29) is 40.0 Å². The van der Waals surface area contributed by atoms with Gasteiger partial charge in [0.05, 0.1) is 58.8 Å². The zero-order chi connectivity index (χ0) is 32.4. The van der Waals surface area contributed by atoms with E-state index in [1.54, 1.807) is 37.4 Å². The molecule has 2 fully saturated rings. The maximum Gasteiger partial charge on any atom is 0.337 e. The van der Waals surface area contributed by atoms with Crippen molar-refractivity contribution in [2.75, 3.05) is 89.3 Å². The number of piperazine rings is 1. The number of carboxylic acid groups (broad SMARTS) is 1. The number of aromatic carboxylic acids is 1. The highest BCUT2D eigenvalue weighted by molar-refractivity contribution is 6.40. The molecule has 10 nitrogen and oxygen atoms in total. The predicted molar refractivity (Wildman–Crippen MR) is 174 cm³/mol. The highest BCUT2D eigenvalue weighted by atomic mass is 35.5.